The molecule has 1 rings (SSSR count). The fourth-order valence-electron chi connectivity index (χ4n) is 3.29. The van der Waals surface area contributed by atoms with Crippen molar-refractivity contribution in [2.24, 2.45) is 17.6 Å². The second-order valence-electron chi connectivity index (χ2n) is 6.72. The average Bonchev–Trinajstić information content (AvgIpc) is 2.69. The van der Waals surface area contributed by atoms with E-state index in [-0.39, 0.29) is 0 Å². The Hall–Kier alpha value is -3.26. The van der Waals surface area contributed by atoms with E-state index in [1.807, 2.05) is 0 Å². The molecule has 0 aromatic heterocycles. The van der Waals surface area contributed by atoms with Crippen molar-refractivity contribution < 1.29 is 62.3 Å². The summed E-state index contributed by atoms with van der Waals surface area (Å²) in [6.45, 7) is 2.28. The number of esters is 5. The molecule has 1 fully saturated rings. The molecule has 32 heavy (non-hydrogen) atoms. The highest BCUT2D eigenvalue weighted by atomic mass is 16.7. The van der Waals surface area contributed by atoms with Crippen LogP contribution in [0.3, 0.4) is 0 Å². The predicted molar refractivity (Wildman–Crippen MR) is 97.8 cm³/mol. The summed E-state index contributed by atoms with van der Waals surface area (Å²) in [4.78, 5) is 71.9. The standard InChI is InChI=1S/C18H25NO13/c1-7(20)29-6-10-13(30-8(2)21)14(31-9(3)22)12(18(26,32-10)17(19)25)11(15(23)27-4)16(24)28-5/h10-14,26H,6H2,1-5H3,(H2,19,25)/t10-,12-,13+,14-,18+/m1/s1. The van der Waals surface area contributed by atoms with Gasteiger partial charge in [-0.05, 0) is 0 Å². The van der Waals surface area contributed by atoms with Crippen LogP contribution >= 0.6 is 0 Å². The molecule has 0 spiro atoms. The van der Waals surface area contributed by atoms with Crippen molar-refractivity contribution in [2.75, 3.05) is 20.8 Å². The van der Waals surface area contributed by atoms with Crippen molar-refractivity contribution >= 4 is 35.8 Å². The summed E-state index contributed by atoms with van der Waals surface area (Å²) in [6, 6.07) is 0. The Morgan fingerprint density at radius 1 is 0.906 bits per heavy atom. The highest BCUT2D eigenvalue weighted by molar-refractivity contribution is 5.97. The second-order valence-corrected chi connectivity index (χ2v) is 6.72. The molecule has 14 nitrogen and oxygen atoms in total. The molecule has 0 unspecified atom stereocenters. The van der Waals surface area contributed by atoms with Gasteiger partial charge in [-0.1, -0.05) is 0 Å². The number of carbonyl (C=O) groups excluding carboxylic acids is 6. The number of hydrogen-bond donors (Lipinski definition) is 2. The number of amides is 1. The van der Waals surface area contributed by atoms with E-state index < -0.39 is 78.3 Å². The minimum absolute atomic E-state index is 0.686. The highest BCUT2D eigenvalue weighted by Crippen LogP contribution is 2.42. The van der Waals surface area contributed by atoms with Crippen LogP contribution in [-0.4, -0.2) is 85.8 Å². The van der Waals surface area contributed by atoms with Crippen molar-refractivity contribution in [3.05, 3.63) is 0 Å². The van der Waals surface area contributed by atoms with Gasteiger partial charge >= 0.3 is 29.8 Å². The van der Waals surface area contributed by atoms with Crippen molar-refractivity contribution in [2.45, 2.75) is 44.9 Å². The molecule has 1 aliphatic rings. The molecule has 1 aliphatic heterocycles. The van der Waals surface area contributed by atoms with Gasteiger partial charge in [-0.3, -0.25) is 28.8 Å². The zero-order chi connectivity index (χ0) is 24.8. The lowest BCUT2D eigenvalue weighted by Gasteiger charge is -2.49. The largest absolute Gasteiger partial charge is 0.468 e. The van der Waals surface area contributed by atoms with Gasteiger partial charge in [-0.2, -0.15) is 0 Å². The van der Waals surface area contributed by atoms with Gasteiger partial charge in [0.2, 0.25) is 0 Å². The first-order valence-electron chi connectivity index (χ1n) is 9.13. The molecule has 0 radical (unpaired) electrons. The molecule has 180 valence electrons. The first-order chi connectivity index (χ1) is 14.8. The van der Waals surface area contributed by atoms with Crippen LogP contribution in [0.4, 0.5) is 0 Å². The Kier molecular flexibility index (Phi) is 9.09. The SMILES string of the molecule is COC(=O)C(C(=O)OC)[C@@H]1[C@@H](OC(C)=O)[C@@H](OC(C)=O)[C@@H](COC(C)=O)O[C@]1(O)C(N)=O. The number of rotatable bonds is 8. The van der Waals surface area contributed by atoms with E-state index in [0.29, 0.717) is 0 Å². The molecule has 0 aromatic carbocycles. The zero-order valence-corrected chi connectivity index (χ0v) is 18.0. The molecule has 3 N–H and O–H groups in total. The molecule has 1 saturated heterocycles. The Balaban J connectivity index is 3.77. The van der Waals surface area contributed by atoms with Gasteiger partial charge in [0.05, 0.1) is 20.1 Å². The lowest BCUT2D eigenvalue weighted by atomic mass is 9.74. The summed E-state index contributed by atoms with van der Waals surface area (Å²) >= 11 is 0. The third kappa shape index (κ3) is 5.91. The van der Waals surface area contributed by atoms with Crippen LogP contribution < -0.4 is 5.73 Å². The predicted octanol–water partition coefficient (Wildman–Crippen LogP) is -2.44. The van der Waals surface area contributed by atoms with Crippen LogP contribution in [0.2, 0.25) is 0 Å². The van der Waals surface area contributed by atoms with Crippen LogP contribution in [0.25, 0.3) is 0 Å². The van der Waals surface area contributed by atoms with Crippen LogP contribution in [0.15, 0.2) is 0 Å². The molecule has 0 saturated carbocycles. The molecule has 1 amide bonds. The molecule has 0 aliphatic carbocycles. The lowest BCUT2D eigenvalue weighted by Crippen LogP contribution is -2.71. The lowest BCUT2D eigenvalue weighted by molar-refractivity contribution is -0.326. The number of primary amides is 1. The minimum Gasteiger partial charge on any atom is -0.468 e. The quantitative estimate of drug-likeness (QED) is 0.218. The van der Waals surface area contributed by atoms with E-state index in [0.717, 1.165) is 35.0 Å². The maximum absolute atomic E-state index is 12.4. The average molecular weight is 463 g/mol. The van der Waals surface area contributed by atoms with E-state index in [4.69, 9.17) is 24.7 Å². The monoisotopic (exact) mass is 463 g/mol. The fourth-order valence-corrected chi connectivity index (χ4v) is 3.29. The third-order valence-electron chi connectivity index (χ3n) is 4.50. The Morgan fingerprint density at radius 2 is 1.38 bits per heavy atom. The maximum Gasteiger partial charge on any atom is 0.320 e. The second kappa shape index (κ2) is 10.9. The van der Waals surface area contributed by atoms with Crippen molar-refractivity contribution in [1.29, 1.82) is 0 Å². The van der Waals surface area contributed by atoms with Crippen molar-refractivity contribution in [3.8, 4) is 0 Å². The van der Waals surface area contributed by atoms with Gasteiger partial charge in [0, 0.05) is 20.8 Å². The number of nitrogens with two attached hydrogens (primary N) is 1. The van der Waals surface area contributed by atoms with Gasteiger partial charge in [-0.25, -0.2) is 0 Å². The van der Waals surface area contributed by atoms with Gasteiger partial charge < -0.3 is 39.3 Å². The summed E-state index contributed by atoms with van der Waals surface area (Å²) in [5, 5.41) is 11.1. The van der Waals surface area contributed by atoms with Crippen molar-refractivity contribution in [3.63, 3.8) is 0 Å². The fraction of sp³-hybridized carbons (Fsp3) is 0.667. The Morgan fingerprint density at radius 3 is 1.75 bits per heavy atom. The summed E-state index contributed by atoms with van der Waals surface area (Å²) in [7, 11) is 1.80. The van der Waals surface area contributed by atoms with E-state index in [1.54, 1.807) is 0 Å². The number of ether oxygens (including phenoxy) is 6. The smallest absolute Gasteiger partial charge is 0.320 e. The highest BCUT2D eigenvalue weighted by Gasteiger charge is 2.66. The Bertz CT molecular complexity index is 765. The third-order valence-corrected chi connectivity index (χ3v) is 4.50. The van der Waals surface area contributed by atoms with Crippen LogP contribution in [0.5, 0.6) is 0 Å². The van der Waals surface area contributed by atoms with Gasteiger partial charge in [-0.15, -0.1) is 0 Å². The molecular formula is C18H25NO13. The normalized spacial score (nSPS) is 27.1. The van der Waals surface area contributed by atoms with Crippen LogP contribution in [-0.2, 0) is 57.2 Å². The zero-order valence-electron chi connectivity index (χ0n) is 18.0. The minimum atomic E-state index is -3.16. The van der Waals surface area contributed by atoms with Gasteiger partial charge in [0.15, 0.2) is 18.1 Å². The van der Waals surface area contributed by atoms with E-state index >= 15 is 0 Å². The van der Waals surface area contributed by atoms with Gasteiger partial charge in [0.1, 0.15) is 12.7 Å². The number of hydrogen-bond acceptors (Lipinski definition) is 13. The van der Waals surface area contributed by atoms with E-state index in [9.17, 15) is 33.9 Å². The molecular weight excluding hydrogens is 438 g/mol. The number of carbonyl (C=O) groups is 6. The molecule has 1 heterocycles. The molecule has 14 heteroatoms. The molecule has 5 atom stereocenters. The van der Waals surface area contributed by atoms with Crippen LogP contribution in [0.1, 0.15) is 20.8 Å². The first kappa shape index (κ1) is 26.8. The number of methoxy groups -OCH3 is 2. The van der Waals surface area contributed by atoms with Crippen LogP contribution in [0, 0.1) is 11.8 Å². The molecule has 0 bridgehead atoms. The topological polar surface area (TPSA) is 204 Å². The van der Waals surface area contributed by atoms with E-state index in [1.165, 1.54) is 0 Å². The first-order valence-corrected chi connectivity index (χ1v) is 9.13. The summed E-state index contributed by atoms with van der Waals surface area (Å²) in [5.74, 6) is -14.3. The Labute approximate surface area is 182 Å². The summed E-state index contributed by atoms with van der Waals surface area (Å²) in [5.41, 5.74) is 5.30. The van der Waals surface area contributed by atoms with Gasteiger partial charge in [0.25, 0.3) is 11.7 Å². The maximum atomic E-state index is 12.4. The number of aliphatic hydroxyl groups is 1. The summed E-state index contributed by atoms with van der Waals surface area (Å²) < 4.78 is 29.5. The van der Waals surface area contributed by atoms with E-state index in [2.05, 4.69) is 9.47 Å². The van der Waals surface area contributed by atoms with Crippen molar-refractivity contribution in [1.82, 2.24) is 0 Å². The molecule has 0 aromatic rings. The summed E-state index contributed by atoms with van der Waals surface area (Å²) in [6.07, 6.45) is -5.12.